The SMILES string of the molecule is CCOC1CC(N)(C(=O)NCc2cn3cccc(C)c3n2)C1(C)C.Cl.Cl. The number of carbonyl (C=O) groups is 1. The number of hydrogen-bond acceptors (Lipinski definition) is 4. The molecule has 1 amide bonds. The number of fused-ring (bicyclic) bond motifs is 1. The molecule has 1 aliphatic carbocycles. The minimum Gasteiger partial charge on any atom is -0.378 e. The summed E-state index contributed by atoms with van der Waals surface area (Å²) in [5.41, 5.74) is 7.93. The van der Waals surface area contributed by atoms with Gasteiger partial charge < -0.3 is 20.2 Å². The molecule has 1 fully saturated rings. The molecule has 0 spiro atoms. The zero-order valence-electron chi connectivity index (χ0n) is 15.6. The molecule has 26 heavy (non-hydrogen) atoms. The number of carbonyl (C=O) groups excluding carboxylic acids is 1. The average Bonchev–Trinajstić information content (AvgIpc) is 2.96. The second-order valence-electron chi connectivity index (χ2n) is 7.18. The van der Waals surface area contributed by atoms with E-state index in [-0.39, 0.29) is 42.2 Å². The number of amides is 1. The Balaban J connectivity index is 0.00000169. The van der Waals surface area contributed by atoms with Crippen LogP contribution in [0.5, 0.6) is 0 Å². The van der Waals surface area contributed by atoms with Crippen LogP contribution in [0.3, 0.4) is 0 Å². The Labute approximate surface area is 166 Å². The van der Waals surface area contributed by atoms with Crippen LogP contribution in [0.2, 0.25) is 0 Å². The van der Waals surface area contributed by atoms with Gasteiger partial charge in [-0.1, -0.05) is 19.9 Å². The predicted molar refractivity (Wildman–Crippen MR) is 107 cm³/mol. The summed E-state index contributed by atoms with van der Waals surface area (Å²) in [6.45, 7) is 8.96. The third kappa shape index (κ3) is 3.56. The van der Waals surface area contributed by atoms with Gasteiger partial charge in [-0.2, -0.15) is 0 Å². The van der Waals surface area contributed by atoms with Crippen LogP contribution in [0.15, 0.2) is 24.5 Å². The first-order valence-corrected chi connectivity index (χ1v) is 8.41. The lowest BCUT2D eigenvalue weighted by atomic mass is 9.54. The Morgan fingerprint density at radius 3 is 2.73 bits per heavy atom. The van der Waals surface area contributed by atoms with Gasteiger partial charge in [-0.3, -0.25) is 4.79 Å². The molecule has 0 aromatic carbocycles. The van der Waals surface area contributed by atoms with Crippen LogP contribution < -0.4 is 11.1 Å². The van der Waals surface area contributed by atoms with Crippen molar-refractivity contribution in [3.8, 4) is 0 Å². The van der Waals surface area contributed by atoms with Gasteiger partial charge in [0.1, 0.15) is 11.2 Å². The van der Waals surface area contributed by atoms with Crippen LogP contribution in [-0.4, -0.2) is 33.5 Å². The number of aromatic nitrogens is 2. The van der Waals surface area contributed by atoms with Crippen molar-refractivity contribution in [2.75, 3.05) is 6.61 Å². The number of nitrogens with one attached hydrogen (secondary N) is 1. The van der Waals surface area contributed by atoms with Crippen LogP contribution in [0, 0.1) is 12.3 Å². The van der Waals surface area contributed by atoms with Crippen molar-refractivity contribution in [2.45, 2.75) is 52.3 Å². The van der Waals surface area contributed by atoms with Gasteiger partial charge in [0.05, 0.1) is 18.3 Å². The zero-order chi connectivity index (χ0) is 17.5. The zero-order valence-corrected chi connectivity index (χ0v) is 17.2. The Morgan fingerprint density at radius 2 is 2.15 bits per heavy atom. The molecule has 0 aliphatic heterocycles. The summed E-state index contributed by atoms with van der Waals surface area (Å²) in [6, 6.07) is 4.00. The number of pyridine rings is 1. The van der Waals surface area contributed by atoms with Crippen LogP contribution in [0.25, 0.3) is 5.65 Å². The number of nitrogens with zero attached hydrogens (tertiary/aromatic N) is 2. The number of rotatable bonds is 5. The molecule has 0 bridgehead atoms. The highest BCUT2D eigenvalue weighted by atomic mass is 35.5. The lowest BCUT2D eigenvalue weighted by molar-refractivity contribution is -0.170. The van der Waals surface area contributed by atoms with E-state index in [1.54, 1.807) is 0 Å². The largest absolute Gasteiger partial charge is 0.378 e. The maximum Gasteiger partial charge on any atom is 0.241 e. The molecule has 2 aromatic heterocycles. The number of halogens is 2. The lowest BCUT2D eigenvalue weighted by Crippen LogP contribution is -2.75. The van der Waals surface area contributed by atoms with Crippen LogP contribution in [0.4, 0.5) is 0 Å². The monoisotopic (exact) mass is 402 g/mol. The molecule has 2 atom stereocenters. The first-order valence-electron chi connectivity index (χ1n) is 8.41. The summed E-state index contributed by atoms with van der Waals surface area (Å²) >= 11 is 0. The van der Waals surface area contributed by atoms with Gasteiger partial charge in [0.2, 0.25) is 5.91 Å². The van der Waals surface area contributed by atoms with E-state index in [0.29, 0.717) is 19.6 Å². The summed E-state index contributed by atoms with van der Waals surface area (Å²) in [5.74, 6) is -0.141. The van der Waals surface area contributed by atoms with Crippen molar-refractivity contribution < 1.29 is 9.53 Å². The smallest absolute Gasteiger partial charge is 0.241 e. The van der Waals surface area contributed by atoms with Gasteiger partial charge in [-0.15, -0.1) is 24.8 Å². The van der Waals surface area contributed by atoms with Gasteiger partial charge in [0, 0.05) is 30.8 Å². The van der Waals surface area contributed by atoms with E-state index >= 15 is 0 Å². The lowest BCUT2D eigenvalue weighted by Gasteiger charge is -2.57. The fourth-order valence-electron chi connectivity index (χ4n) is 3.44. The molecule has 0 saturated heterocycles. The first kappa shape index (κ1) is 22.7. The van der Waals surface area contributed by atoms with Gasteiger partial charge in [0.25, 0.3) is 0 Å². The van der Waals surface area contributed by atoms with Crippen molar-refractivity contribution in [2.24, 2.45) is 11.1 Å². The molecule has 1 aliphatic rings. The summed E-state index contributed by atoms with van der Waals surface area (Å²) in [5, 5.41) is 2.94. The molecular formula is C18H28Cl2N4O2. The van der Waals surface area contributed by atoms with Gasteiger partial charge in [0.15, 0.2) is 0 Å². The molecule has 3 rings (SSSR count). The van der Waals surface area contributed by atoms with E-state index in [1.165, 1.54) is 0 Å². The van der Waals surface area contributed by atoms with Gasteiger partial charge in [-0.05, 0) is 25.5 Å². The molecule has 2 aromatic rings. The van der Waals surface area contributed by atoms with E-state index in [0.717, 1.165) is 16.9 Å². The molecule has 3 N–H and O–H groups in total. The summed E-state index contributed by atoms with van der Waals surface area (Å²) in [4.78, 5) is 17.2. The van der Waals surface area contributed by atoms with Crippen LogP contribution in [0.1, 0.15) is 38.4 Å². The second-order valence-corrected chi connectivity index (χ2v) is 7.18. The standard InChI is InChI=1S/C18H26N4O2.2ClH/c1-5-24-14-9-18(19,17(14,3)4)16(23)20-10-13-11-22-8-6-7-12(2)15(22)21-13;;/h6-8,11,14H,5,9-10,19H2,1-4H3,(H,20,23);2*1H. The Morgan fingerprint density at radius 1 is 1.46 bits per heavy atom. The van der Waals surface area contributed by atoms with E-state index in [9.17, 15) is 4.79 Å². The fraction of sp³-hybridized carbons (Fsp3) is 0.556. The summed E-state index contributed by atoms with van der Waals surface area (Å²) in [6.07, 6.45) is 4.45. The maximum absolute atomic E-state index is 12.6. The molecule has 146 valence electrons. The molecule has 8 heteroatoms. The van der Waals surface area contributed by atoms with E-state index in [2.05, 4.69) is 10.3 Å². The van der Waals surface area contributed by atoms with E-state index in [4.69, 9.17) is 10.5 Å². The summed E-state index contributed by atoms with van der Waals surface area (Å²) in [7, 11) is 0. The molecule has 2 unspecified atom stereocenters. The van der Waals surface area contributed by atoms with Crippen LogP contribution >= 0.6 is 24.8 Å². The third-order valence-corrected chi connectivity index (χ3v) is 5.39. The highest BCUT2D eigenvalue weighted by Crippen LogP contribution is 2.49. The van der Waals surface area contributed by atoms with Gasteiger partial charge in [-0.25, -0.2) is 4.98 Å². The third-order valence-electron chi connectivity index (χ3n) is 5.39. The van der Waals surface area contributed by atoms with Crippen molar-refractivity contribution in [1.82, 2.24) is 14.7 Å². The molecule has 0 radical (unpaired) electrons. The minimum absolute atomic E-state index is 0. The predicted octanol–water partition coefficient (Wildman–Crippen LogP) is 2.64. The fourth-order valence-corrected chi connectivity index (χ4v) is 3.44. The number of aryl methyl sites for hydroxylation is 1. The van der Waals surface area contributed by atoms with Crippen molar-refractivity contribution >= 4 is 36.4 Å². The normalized spacial score (nSPS) is 23.5. The van der Waals surface area contributed by atoms with Crippen molar-refractivity contribution in [1.29, 1.82) is 0 Å². The molecule has 6 nitrogen and oxygen atoms in total. The summed E-state index contributed by atoms with van der Waals surface area (Å²) < 4.78 is 7.64. The maximum atomic E-state index is 12.6. The number of imidazole rings is 1. The highest BCUT2D eigenvalue weighted by molar-refractivity contribution is 5.88. The molecule has 1 saturated carbocycles. The van der Waals surface area contributed by atoms with Crippen LogP contribution in [-0.2, 0) is 16.1 Å². The first-order chi connectivity index (χ1) is 11.3. The van der Waals surface area contributed by atoms with Gasteiger partial charge >= 0.3 is 0 Å². The minimum atomic E-state index is -0.901. The Bertz CT molecular complexity index is 778. The van der Waals surface area contributed by atoms with Crippen molar-refractivity contribution in [3.05, 3.63) is 35.8 Å². The topological polar surface area (TPSA) is 81.6 Å². The second kappa shape index (κ2) is 8.13. The number of ether oxygens (including phenoxy) is 1. The number of nitrogens with two attached hydrogens (primary N) is 1. The highest BCUT2D eigenvalue weighted by Gasteiger charge is 2.62. The van der Waals surface area contributed by atoms with E-state index in [1.807, 2.05) is 56.6 Å². The quantitative estimate of drug-likeness (QED) is 0.804. The average molecular weight is 403 g/mol. The van der Waals surface area contributed by atoms with Crippen molar-refractivity contribution in [3.63, 3.8) is 0 Å². The number of hydrogen-bond donors (Lipinski definition) is 2. The Kier molecular flexibility index (Phi) is 7.10. The Hall–Kier alpha value is -1.34. The molecular weight excluding hydrogens is 375 g/mol. The molecule has 2 heterocycles. The van der Waals surface area contributed by atoms with E-state index < -0.39 is 5.54 Å².